The molecule has 1 saturated heterocycles. The minimum Gasteiger partial charge on any atom is -0.504 e. The lowest BCUT2D eigenvalue weighted by Gasteiger charge is -2.42. The second-order valence-corrected chi connectivity index (χ2v) is 8.26. The molecule has 164 valence electrons. The summed E-state index contributed by atoms with van der Waals surface area (Å²) in [5.74, 6) is 0.920. The van der Waals surface area contributed by atoms with Crippen molar-refractivity contribution in [2.45, 2.75) is 35.8 Å². The first kappa shape index (κ1) is 21.4. The van der Waals surface area contributed by atoms with E-state index in [0.29, 0.717) is 17.9 Å². The van der Waals surface area contributed by atoms with Crippen LogP contribution in [0.5, 0.6) is 11.5 Å². The first-order valence-electron chi connectivity index (χ1n) is 10.0. The van der Waals surface area contributed by atoms with Crippen molar-refractivity contribution in [3.63, 3.8) is 0 Å². The molecule has 2 aliphatic rings. The summed E-state index contributed by atoms with van der Waals surface area (Å²) in [7, 11) is 1.53. The summed E-state index contributed by atoms with van der Waals surface area (Å²) >= 11 is 1.69. The predicted molar refractivity (Wildman–Crippen MR) is 116 cm³/mol. The summed E-state index contributed by atoms with van der Waals surface area (Å²) < 4.78 is 15.6. The Balaban J connectivity index is 1.62. The molecule has 2 heterocycles. The van der Waals surface area contributed by atoms with Gasteiger partial charge >= 0.3 is 6.16 Å². The van der Waals surface area contributed by atoms with Crippen molar-refractivity contribution in [1.29, 1.82) is 0 Å². The number of aromatic hydroxyl groups is 1. The summed E-state index contributed by atoms with van der Waals surface area (Å²) in [6.45, 7) is 1.95. The van der Waals surface area contributed by atoms with E-state index < -0.39 is 12.3 Å². The van der Waals surface area contributed by atoms with Crippen LogP contribution >= 0.6 is 11.8 Å². The van der Waals surface area contributed by atoms with Crippen LogP contribution in [0.2, 0.25) is 0 Å². The Hall–Kier alpha value is -2.88. The maximum Gasteiger partial charge on any atom is 0.513 e. The number of benzene rings is 2. The van der Waals surface area contributed by atoms with E-state index >= 15 is 0 Å². The van der Waals surface area contributed by atoms with Gasteiger partial charge in [-0.15, -0.1) is 11.8 Å². The third-order valence-corrected chi connectivity index (χ3v) is 6.35. The number of phenolic OH excluding ortho intramolecular Hbond substituents is 1. The number of para-hydroxylation sites is 1. The highest BCUT2D eigenvalue weighted by molar-refractivity contribution is 7.99. The fourth-order valence-electron chi connectivity index (χ4n) is 3.71. The molecule has 1 fully saturated rings. The van der Waals surface area contributed by atoms with Gasteiger partial charge in [0.2, 0.25) is 0 Å². The molecule has 3 atom stereocenters. The molecule has 0 amide bonds. The third-order valence-electron chi connectivity index (χ3n) is 5.11. The van der Waals surface area contributed by atoms with Crippen molar-refractivity contribution in [2.24, 2.45) is 0 Å². The van der Waals surface area contributed by atoms with Crippen molar-refractivity contribution < 1.29 is 24.1 Å². The van der Waals surface area contributed by atoms with E-state index in [0.717, 1.165) is 10.5 Å². The number of nitrogens with zero attached hydrogens (tertiary/aromatic N) is 1. The zero-order valence-electron chi connectivity index (χ0n) is 17.3. The van der Waals surface area contributed by atoms with Crippen LogP contribution in [0.1, 0.15) is 24.9 Å². The molecule has 0 aromatic heterocycles. The highest BCUT2D eigenvalue weighted by Crippen LogP contribution is 2.42. The quantitative estimate of drug-likeness (QED) is 0.578. The number of ether oxygens (including phenoxy) is 3. The number of nitrogens with one attached hydrogen (secondary N) is 2. The van der Waals surface area contributed by atoms with E-state index in [1.54, 1.807) is 31.0 Å². The lowest BCUT2D eigenvalue weighted by molar-refractivity contribution is 0.0429. The number of fused-ring (bicyclic) bond motifs is 1. The molecule has 0 bridgehead atoms. The number of phenols is 1. The van der Waals surface area contributed by atoms with Gasteiger partial charge in [-0.25, -0.2) is 4.79 Å². The van der Waals surface area contributed by atoms with Gasteiger partial charge in [-0.05, 0) is 31.5 Å². The number of hydrogen-bond acceptors (Lipinski definition) is 9. The standard InChI is InChI=1S/C22H25N3O5S/c1-3-29-22(27)30-18-13-23-25-19(31-14-8-5-4-6-9-14)12-16(24-21(18)25)15-10-7-11-17(28-2)20(15)26/h4-11,13,16,19,21,23-24,26H,3,12H2,1-2H3. The smallest absolute Gasteiger partial charge is 0.504 e. The maximum atomic E-state index is 11.9. The Labute approximate surface area is 185 Å². The van der Waals surface area contributed by atoms with Gasteiger partial charge < -0.3 is 24.7 Å². The molecule has 2 aromatic rings. The van der Waals surface area contributed by atoms with Crippen LogP contribution in [0.3, 0.4) is 0 Å². The van der Waals surface area contributed by atoms with Gasteiger partial charge in [-0.3, -0.25) is 5.32 Å². The molecule has 2 aliphatic heterocycles. The van der Waals surface area contributed by atoms with Crippen LogP contribution in [0.15, 0.2) is 65.4 Å². The van der Waals surface area contributed by atoms with E-state index in [1.165, 1.54) is 7.11 Å². The molecule has 3 unspecified atom stereocenters. The number of hydrazine groups is 1. The third kappa shape index (κ3) is 4.58. The van der Waals surface area contributed by atoms with Gasteiger partial charge in [0.05, 0.1) is 25.3 Å². The van der Waals surface area contributed by atoms with Crippen LogP contribution in [-0.4, -0.2) is 41.5 Å². The summed E-state index contributed by atoms with van der Waals surface area (Å²) in [4.78, 5) is 13.0. The lowest BCUT2D eigenvalue weighted by Crippen LogP contribution is -2.57. The van der Waals surface area contributed by atoms with Crippen molar-refractivity contribution in [3.05, 3.63) is 66.1 Å². The first-order valence-corrected chi connectivity index (χ1v) is 10.9. The van der Waals surface area contributed by atoms with E-state index in [9.17, 15) is 9.90 Å². The number of hydrogen-bond donors (Lipinski definition) is 3. The van der Waals surface area contributed by atoms with Gasteiger partial charge in [0.25, 0.3) is 0 Å². The number of carbonyl (C=O) groups is 1. The lowest BCUT2D eigenvalue weighted by atomic mass is 9.99. The Morgan fingerprint density at radius 1 is 1.23 bits per heavy atom. The van der Waals surface area contributed by atoms with Gasteiger partial charge in [-0.2, -0.15) is 5.01 Å². The average molecular weight is 444 g/mol. The van der Waals surface area contributed by atoms with E-state index in [-0.39, 0.29) is 23.8 Å². The van der Waals surface area contributed by atoms with Crippen LogP contribution < -0.4 is 15.5 Å². The molecular formula is C22H25N3O5S. The van der Waals surface area contributed by atoms with Gasteiger partial charge in [0.1, 0.15) is 6.17 Å². The monoisotopic (exact) mass is 443 g/mol. The normalized spacial score (nSPS) is 22.8. The SMILES string of the molecule is CCOC(=O)OC1=CNN2C(Sc3ccccc3)CC(c3cccc(OC)c3O)NC12. The highest BCUT2D eigenvalue weighted by Gasteiger charge is 2.43. The Morgan fingerprint density at radius 3 is 2.77 bits per heavy atom. The molecule has 0 spiro atoms. The Kier molecular flexibility index (Phi) is 6.55. The molecule has 0 aliphatic carbocycles. The zero-order chi connectivity index (χ0) is 21.8. The van der Waals surface area contributed by atoms with Crippen molar-refractivity contribution in [2.75, 3.05) is 13.7 Å². The van der Waals surface area contributed by atoms with Crippen molar-refractivity contribution in [3.8, 4) is 11.5 Å². The first-order chi connectivity index (χ1) is 15.1. The maximum absolute atomic E-state index is 11.9. The molecule has 0 radical (unpaired) electrons. The second kappa shape index (κ2) is 9.51. The summed E-state index contributed by atoms with van der Waals surface area (Å²) in [6.07, 6.45) is 1.17. The molecule has 9 heteroatoms. The van der Waals surface area contributed by atoms with Crippen LogP contribution in [0.4, 0.5) is 4.79 Å². The van der Waals surface area contributed by atoms with E-state index in [1.807, 2.05) is 35.3 Å². The molecule has 4 rings (SSSR count). The minimum atomic E-state index is -0.752. The summed E-state index contributed by atoms with van der Waals surface area (Å²) in [6, 6.07) is 15.3. The number of carbonyl (C=O) groups excluding carboxylic acids is 1. The predicted octanol–water partition coefficient (Wildman–Crippen LogP) is 3.71. The molecule has 0 saturated carbocycles. The van der Waals surface area contributed by atoms with E-state index in [4.69, 9.17) is 14.2 Å². The van der Waals surface area contributed by atoms with Gasteiger partial charge in [0.15, 0.2) is 17.3 Å². The van der Waals surface area contributed by atoms with Crippen molar-refractivity contribution in [1.82, 2.24) is 15.8 Å². The molecule has 3 N–H and O–H groups in total. The number of rotatable bonds is 6. The molecule has 2 aromatic carbocycles. The number of methoxy groups -OCH3 is 1. The number of thioether (sulfide) groups is 1. The van der Waals surface area contributed by atoms with Crippen LogP contribution in [0.25, 0.3) is 0 Å². The van der Waals surface area contributed by atoms with E-state index in [2.05, 4.69) is 22.9 Å². The largest absolute Gasteiger partial charge is 0.513 e. The molecule has 31 heavy (non-hydrogen) atoms. The molecular weight excluding hydrogens is 418 g/mol. The minimum absolute atomic E-state index is 0.0104. The highest BCUT2D eigenvalue weighted by atomic mass is 32.2. The summed E-state index contributed by atoms with van der Waals surface area (Å²) in [5.41, 5.74) is 3.93. The Bertz CT molecular complexity index is 955. The second-order valence-electron chi connectivity index (χ2n) is 7.01. The topological polar surface area (TPSA) is 92.3 Å². The van der Waals surface area contributed by atoms with Gasteiger partial charge in [0, 0.05) is 16.5 Å². The van der Waals surface area contributed by atoms with Crippen LogP contribution in [-0.2, 0) is 9.47 Å². The van der Waals surface area contributed by atoms with Crippen molar-refractivity contribution >= 4 is 17.9 Å². The molecule has 8 nitrogen and oxygen atoms in total. The van der Waals surface area contributed by atoms with Crippen LogP contribution in [0, 0.1) is 0 Å². The average Bonchev–Trinajstić information content (AvgIpc) is 3.17. The fraction of sp³-hybridized carbons (Fsp3) is 0.318. The van der Waals surface area contributed by atoms with Gasteiger partial charge in [-0.1, -0.05) is 30.3 Å². The fourth-order valence-corrected chi connectivity index (χ4v) is 4.92. The Morgan fingerprint density at radius 2 is 2.03 bits per heavy atom. The zero-order valence-corrected chi connectivity index (χ0v) is 18.1. The summed E-state index contributed by atoms with van der Waals surface area (Å²) in [5, 5.41) is 16.2.